The number of carbonyl (C=O) groups is 1. The molecule has 2 heterocycles. The largest absolute Gasteiger partial charge is 0.444 e. The van der Waals surface area contributed by atoms with Crippen molar-refractivity contribution in [1.29, 1.82) is 0 Å². The molecule has 5 heteroatoms. The molecule has 1 atom stereocenters. The van der Waals surface area contributed by atoms with E-state index in [1.807, 2.05) is 37.0 Å². The number of thiophene rings is 1. The molecular formula is C18H30N2O2S. The molecule has 1 aromatic rings. The summed E-state index contributed by atoms with van der Waals surface area (Å²) in [6, 6.07) is 2.75. The van der Waals surface area contributed by atoms with Crippen LogP contribution >= 0.6 is 11.3 Å². The monoisotopic (exact) mass is 338 g/mol. The first-order chi connectivity index (χ1) is 10.7. The molecule has 0 aliphatic carbocycles. The number of likely N-dealkylation sites (tertiary alicyclic amines) is 1. The third-order valence-corrected chi connectivity index (χ3v) is 5.31. The highest BCUT2D eigenvalue weighted by atomic mass is 32.1. The Bertz CT molecular complexity index is 514. The van der Waals surface area contributed by atoms with Gasteiger partial charge >= 0.3 is 6.09 Å². The summed E-state index contributed by atoms with van der Waals surface area (Å²) in [6.07, 6.45) is 2.95. The minimum Gasteiger partial charge on any atom is -0.444 e. The van der Waals surface area contributed by atoms with Gasteiger partial charge in [-0.1, -0.05) is 0 Å². The molecule has 0 radical (unpaired) electrons. The standard InChI is InChI=1S/C18H30N2O2S/c1-13-11-16(23-14(13)2)12-19-15-7-6-9-20(10-8-15)17(21)22-18(3,4)5/h11,15,19H,6-10,12H2,1-5H3. The number of rotatable bonds is 3. The van der Waals surface area contributed by atoms with Gasteiger partial charge in [-0.15, -0.1) is 11.3 Å². The lowest BCUT2D eigenvalue weighted by Crippen LogP contribution is -2.38. The van der Waals surface area contributed by atoms with Gasteiger partial charge in [0.2, 0.25) is 0 Å². The number of hydrogen-bond donors (Lipinski definition) is 1. The van der Waals surface area contributed by atoms with Crippen LogP contribution in [0.5, 0.6) is 0 Å². The van der Waals surface area contributed by atoms with Gasteiger partial charge in [0.05, 0.1) is 0 Å². The molecule has 1 saturated heterocycles. The highest BCUT2D eigenvalue weighted by Crippen LogP contribution is 2.21. The number of amides is 1. The van der Waals surface area contributed by atoms with Crippen molar-refractivity contribution in [3.8, 4) is 0 Å². The van der Waals surface area contributed by atoms with Gasteiger partial charge in [0, 0.05) is 35.4 Å². The van der Waals surface area contributed by atoms with Crippen LogP contribution in [-0.4, -0.2) is 35.7 Å². The molecule has 2 rings (SSSR count). The van der Waals surface area contributed by atoms with Crippen molar-refractivity contribution < 1.29 is 9.53 Å². The van der Waals surface area contributed by atoms with E-state index in [2.05, 4.69) is 25.2 Å². The van der Waals surface area contributed by atoms with E-state index in [1.165, 1.54) is 15.3 Å². The molecule has 130 valence electrons. The van der Waals surface area contributed by atoms with Crippen molar-refractivity contribution in [3.05, 3.63) is 21.4 Å². The van der Waals surface area contributed by atoms with Crippen LogP contribution in [0.1, 0.15) is 55.4 Å². The Labute approximate surface area is 144 Å². The molecule has 1 amide bonds. The molecule has 23 heavy (non-hydrogen) atoms. The Kier molecular flexibility index (Phi) is 6.09. The first-order valence-electron chi connectivity index (χ1n) is 8.52. The van der Waals surface area contributed by atoms with Gasteiger partial charge in [-0.3, -0.25) is 0 Å². The normalized spacial score (nSPS) is 19.5. The third kappa shape index (κ3) is 5.81. The molecule has 1 fully saturated rings. The van der Waals surface area contributed by atoms with Crippen molar-refractivity contribution in [2.24, 2.45) is 0 Å². The molecule has 1 unspecified atom stereocenters. The zero-order chi connectivity index (χ0) is 17.0. The van der Waals surface area contributed by atoms with E-state index in [0.717, 1.165) is 38.9 Å². The average Bonchev–Trinajstić information content (AvgIpc) is 2.64. The third-order valence-electron chi connectivity index (χ3n) is 4.16. The Morgan fingerprint density at radius 1 is 1.35 bits per heavy atom. The van der Waals surface area contributed by atoms with Crippen molar-refractivity contribution in [3.63, 3.8) is 0 Å². The van der Waals surface area contributed by atoms with Crippen molar-refractivity contribution in [2.45, 2.75) is 72.1 Å². The Morgan fingerprint density at radius 3 is 2.70 bits per heavy atom. The van der Waals surface area contributed by atoms with E-state index in [0.29, 0.717) is 6.04 Å². The van der Waals surface area contributed by atoms with E-state index in [-0.39, 0.29) is 6.09 Å². The van der Waals surface area contributed by atoms with E-state index in [9.17, 15) is 4.79 Å². The molecule has 4 nitrogen and oxygen atoms in total. The maximum Gasteiger partial charge on any atom is 0.410 e. The van der Waals surface area contributed by atoms with Crippen LogP contribution in [-0.2, 0) is 11.3 Å². The minimum absolute atomic E-state index is 0.178. The second-order valence-electron chi connectivity index (χ2n) is 7.43. The fourth-order valence-corrected chi connectivity index (χ4v) is 3.80. The summed E-state index contributed by atoms with van der Waals surface area (Å²) in [4.78, 5) is 16.8. The smallest absolute Gasteiger partial charge is 0.410 e. The molecule has 1 aliphatic rings. The Hall–Kier alpha value is -1.07. The second-order valence-corrected chi connectivity index (χ2v) is 8.77. The number of carbonyl (C=O) groups excluding carboxylic acids is 1. The van der Waals surface area contributed by atoms with Gasteiger partial charge in [-0.2, -0.15) is 0 Å². The molecular weight excluding hydrogens is 308 g/mol. The van der Waals surface area contributed by atoms with Crippen LogP contribution in [0.3, 0.4) is 0 Å². The van der Waals surface area contributed by atoms with E-state index >= 15 is 0 Å². The van der Waals surface area contributed by atoms with Gasteiger partial charge in [0.1, 0.15) is 5.60 Å². The number of ether oxygens (including phenoxy) is 1. The van der Waals surface area contributed by atoms with Crippen LogP contribution < -0.4 is 5.32 Å². The number of nitrogens with one attached hydrogen (secondary N) is 1. The highest BCUT2D eigenvalue weighted by Gasteiger charge is 2.25. The van der Waals surface area contributed by atoms with Gasteiger partial charge in [0.15, 0.2) is 0 Å². The Morgan fingerprint density at radius 2 is 2.09 bits per heavy atom. The quantitative estimate of drug-likeness (QED) is 0.896. The lowest BCUT2D eigenvalue weighted by atomic mass is 10.1. The van der Waals surface area contributed by atoms with Crippen molar-refractivity contribution in [2.75, 3.05) is 13.1 Å². The lowest BCUT2D eigenvalue weighted by Gasteiger charge is -2.26. The van der Waals surface area contributed by atoms with E-state index in [1.54, 1.807) is 0 Å². The van der Waals surface area contributed by atoms with E-state index in [4.69, 9.17) is 4.74 Å². The maximum absolute atomic E-state index is 12.2. The van der Waals surface area contributed by atoms with Crippen LogP contribution in [0, 0.1) is 13.8 Å². The zero-order valence-corrected chi connectivity index (χ0v) is 15.9. The predicted octanol–water partition coefficient (Wildman–Crippen LogP) is 4.24. The maximum atomic E-state index is 12.2. The topological polar surface area (TPSA) is 41.6 Å². The fraction of sp³-hybridized carbons (Fsp3) is 0.722. The van der Waals surface area contributed by atoms with Gasteiger partial charge in [-0.25, -0.2) is 4.79 Å². The number of aryl methyl sites for hydroxylation is 2. The van der Waals surface area contributed by atoms with E-state index < -0.39 is 5.60 Å². The molecule has 0 spiro atoms. The number of hydrogen-bond acceptors (Lipinski definition) is 4. The van der Waals surface area contributed by atoms with Crippen LogP contribution in [0.4, 0.5) is 4.79 Å². The Balaban J connectivity index is 1.80. The molecule has 1 aromatic heterocycles. The molecule has 1 aliphatic heterocycles. The molecule has 0 aromatic carbocycles. The van der Waals surface area contributed by atoms with Crippen LogP contribution in [0.2, 0.25) is 0 Å². The fourth-order valence-electron chi connectivity index (χ4n) is 2.79. The summed E-state index contributed by atoms with van der Waals surface area (Å²) < 4.78 is 5.48. The van der Waals surface area contributed by atoms with Crippen LogP contribution in [0.25, 0.3) is 0 Å². The summed E-state index contributed by atoms with van der Waals surface area (Å²) in [5.41, 5.74) is 0.958. The zero-order valence-electron chi connectivity index (χ0n) is 15.1. The first-order valence-corrected chi connectivity index (χ1v) is 9.33. The molecule has 0 bridgehead atoms. The highest BCUT2D eigenvalue weighted by molar-refractivity contribution is 7.12. The summed E-state index contributed by atoms with van der Waals surface area (Å²) >= 11 is 1.87. The second kappa shape index (κ2) is 7.67. The van der Waals surface area contributed by atoms with Gasteiger partial charge < -0.3 is 15.0 Å². The van der Waals surface area contributed by atoms with Crippen LogP contribution in [0.15, 0.2) is 6.07 Å². The van der Waals surface area contributed by atoms with Gasteiger partial charge in [0.25, 0.3) is 0 Å². The summed E-state index contributed by atoms with van der Waals surface area (Å²) in [5, 5.41) is 3.66. The lowest BCUT2D eigenvalue weighted by molar-refractivity contribution is 0.0256. The summed E-state index contributed by atoms with van der Waals surface area (Å²) in [7, 11) is 0. The first kappa shape index (κ1) is 18.3. The molecule has 0 saturated carbocycles. The average molecular weight is 339 g/mol. The summed E-state index contributed by atoms with van der Waals surface area (Å²) in [5.74, 6) is 0. The summed E-state index contributed by atoms with van der Waals surface area (Å²) in [6.45, 7) is 12.6. The predicted molar refractivity (Wildman–Crippen MR) is 96.1 cm³/mol. The molecule has 1 N–H and O–H groups in total. The SMILES string of the molecule is Cc1cc(CNC2CCCN(C(=O)OC(C)(C)C)CC2)sc1C. The van der Waals surface area contributed by atoms with Crippen molar-refractivity contribution in [1.82, 2.24) is 10.2 Å². The van der Waals surface area contributed by atoms with Crippen molar-refractivity contribution >= 4 is 17.4 Å². The minimum atomic E-state index is -0.421. The van der Waals surface area contributed by atoms with Gasteiger partial charge in [-0.05, 0) is 65.5 Å². The number of nitrogens with zero attached hydrogens (tertiary/aromatic N) is 1.